The first-order valence-corrected chi connectivity index (χ1v) is 6.79. The molecule has 5 nitrogen and oxygen atoms in total. The molecule has 20 heavy (non-hydrogen) atoms. The molecule has 1 N–H and O–H groups in total. The van der Waals surface area contributed by atoms with Crippen molar-refractivity contribution in [3.05, 3.63) is 29.8 Å². The van der Waals surface area contributed by atoms with Gasteiger partial charge in [-0.1, -0.05) is 6.07 Å². The second-order valence-corrected chi connectivity index (χ2v) is 5.04. The van der Waals surface area contributed by atoms with Gasteiger partial charge in [-0.15, -0.1) is 0 Å². The number of carbonyl (C=O) groups is 1. The molecule has 2 aliphatic rings. The first-order chi connectivity index (χ1) is 9.74. The summed E-state index contributed by atoms with van der Waals surface area (Å²) < 4.78 is 10.6. The minimum Gasteiger partial charge on any atom is -0.454 e. The molecule has 1 unspecified atom stereocenters. The van der Waals surface area contributed by atoms with Crippen molar-refractivity contribution in [1.29, 1.82) is 0 Å². The molecule has 1 aromatic carbocycles. The van der Waals surface area contributed by atoms with Gasteiger partial charge < -0.3 is 19.7 Å². The molecule has 1 fully saturated rings. The number of fused-ring (bicyclic) bond motifs is 1. The molecular formula is C15H18N2O3. The van der Waals surface area contributed by atoms with Crippen molar-refractivity contribution in [2.75, 3.05) is 26.9 Å². The Balaban J connectivity index is 1.65. The van der Waals surface area contributed by atoms with Crippen LogP contribution >= 0.6 is 0 Å². The highest BCUT2D eigenvalue weighted by Crippen LogP contribution is 2.32. The highest BCUT2D eigenvalue weighted by Gasteiger charge is 2.21. The number of nitrogens with zero attached hydrogens (tertiary/aromatic N) is 1. The molecular weight excluding hydrogens is 256 g/mol. The second-order valence-electron chi connectivity index (χ2n) is 5.04. The molecule has 5 heteroatoms. The van der Waals surface area contributed by atoms with Crippen molar-refractivity contribution >= 4 is 12.0 Å². The number of nitrogens with one attached hydrogen (secondary N) is 1. The van der Waals surface area contributed by atoms with E-state index in [-0.39, 0.29) is 12.7 Å². The monoisotopic (exact) mass is 274 g/mol. The van der Waals surface area contributed by atoms with E-state index in [1.54, 1.807) is 11.0 Å². The molecule has 0 saturated carbocycles. The summed E-state index contributed by atoms with van der Waals surface area (Å²) in [6.45, 7) is 2.12. The van der Waals surface area contributed by atoms with Gasteiger partial charge >= 0.3 is 0 Å². The van der Waals surface area contributed by atoms with Gasteiger partial charge in [0.1, 0.15) is 0 Å². The SMILES string of the molecule is CN(C(=O)C=Cc1ccc2c(c1)OCO2)C1CCNC1. The highest BCUT2D eigenvalue weighted by molar-refractivity contribution is 5.92. The highest BCUT2D eigenvalue weighted by atomic mass is 16.7. The molecule has 0 bridgehead atoms. The predicted octanol–water partition coefficient (Wildman–Crippen LogP) is 1.25. The number of carbonyl (C=O) groups excluding carboxylic acids is 1. The Bertz CT molecular complexity index is 536. The lowest BCUT2D eigenvalue weighted by atomic mass is 10.1. The van der Waals surface area contributed by atoms with E-state index < -0.39 is 0 Å². The van der Waals surface area contributed by atoms with Crippen LogP contribution in [0.15, 0.2) is 24.3 Å². The van der Waals surface area contributed by atoms with Crippen LogP contribution in [0.25, 0.3) is 6.08 Å². The van der Waals surface area contributed by atoms with Gasteiger partial charge in [0.25, 0.3) is 0 Å². The van der Waals surface area contributed by atoms with Crippen LogP contribution in [0.5, 0.6) is 11.5 Å². The molecule has 2 aliphatic heterocycles. The lowest BCUT2D eigenvalue weighted by Gasteiger charge is -2.22. The van der Waals surface area contributed by atoms with Gasteiger partial charge in [0.05, 0.1) is 0 Å². The molecule has 2 heterocycles. The zero-order valence-electron chi connectivity index (χ0n) is 11.5. The second kappa shape index (κ2) is 5.54. The van der Waals surface area contributed by atoms with E-state index in [1.807, 2.05) is 31.3 Å². The summed E-state index contributed by atoms with van der Waals surface area (Å²) in [5.74, 6) is 1.51. The Morgan fingerprint density at radius 2 is 2.25 bits per heavy atom. The normalized spacial score (nSPS) is 20.6. The maximum absolute atomic E-state index is 12.1. The molecule has 0 spiro atoms. The number of likely N-dealkylation sites (N-methyl/N-ethyl adjacent to an activating group) is 1. The number of ether oxygens (including phenoxy) is 2. The summed E-state index contributed by atoms with van der Waals surface area (Å²) in [5, 5.41) is 3.26. The van der Waals surface area contributed by atoms with Crippen LogP contribution in [-0.2, 0) is 4.79 Å². The maximum Gasteiger partial charge on any atom is 0.246 e. The summed E-state index contributed by atoms with van der Waals surface area (Å²) in [4.78, 5) is 13.9. The fourth-order valence-corrected chi connectivity index (χ4v) is 2.45. The average Bonchev–Trinajstić information content (AvgIpc) is 3.13. The lowest BCUT2D eigenvalue weighted by Crippen LogP contribution is -2.37. The van der Waals surface area contributed by atoms with E-state index in [1.165, 1.54) is 0 Å². The van der Waals surface area contributed by atoms with Crippen LogP contribution in [0.1, 0.15) is 12.0 Å². The van der Waals surface area contributed by atoms with Gasteiger partial charge in [0.2, 0.25) is 12.7 Å². The maximum atomic E-state index is 12.1. The van der Waals surface area contributed by atoms with Gasteiger partial charge in [-0.3, -0.25) is 4.79 Å². The minimum absolute atomic E-state index is 0.0244. The molecule has 0 aliphatic carbocycles. The molecule has 1 amide bonds. The standard InChI is InChI=1S/C15H18N2O3/c1-17(12-6-7-16-9-12)15(18)5-3-11-2-4-13-14(8-11)20-10-19-13/h2-5,8,12,16H,6-7,9-10H2,1H3. The van der Waals surface area contributed by atoms with Crippen molar-refractivity contribution in [2.24, 2.45) is 0 Å². The average molecular weight is 274 g/mol. The van der Waals surface area contributed by atoms with Gasteiger partial charge in [0.15, 0.2) is 11.5 Å². The van der Waals surface area contributed by atoms with Crippen LogP contribution in [0.4, 0.5) is 0 Å². The van der Waals surface area contributed by atoms with Gasteiger partial charge in [-0.2, -0.15) is 0 Å². The Morgan fingerprint density at radius 3 is 3.05 bits per heavy atom. The van der Waals surface area contributed by atoms with Crippen LogP contribution in [0.3, 0.4) is 0 Å². The quantitative estimate of drug-likeness (QED) is 0.843. The predicted molar refractivity (Wildman–Crippen MR) is 75.6 cm³/mol. The van der Waals surface area contributed by atoms with Crippen LogP contribution in [0.2, 0.25) is 0 Å². The largest absolute Gasteiger partial charge is 0.454 e. The molecule has 1 aromatic rings. The first kappa shape index (κ1) is 13.0. The van der Waals surface area contributed by atoms with Crippen molar-refractivity contribution in [1.82, 2.24) is 10.2 Å². The Morgan fingerprint density at radius 1 is 1.40 bits per heavy atom. The smallest absolute Gasteiger partial charge is 0.246 e. The molecule has 1 saturated heterocycles. The molecule has 3 rings (SSSR count). The minimum atomic E-state index is 0.0244. The Kier molecular flexibility index (Phi) is 3.60. The van der Waals surface area contributed by atoms with Gasteiger partial charge in [-0.25, -0.2) is 0 Å². The third-order valence-corrected chi connectivity index (χ3v) is 3.74. The van der Waals surface area contributed by atoms with E-state index in [0.29, 0.717) is 6.04 Å². The van der Waals surface area contributed by atoms with Gasteiger partial charge in [-0.05, 0) is 36.7 Å². The van der Waals surface area contributed by atoms with Crippen molar-refractivity contribution in [2.45, 2.75) is 12.5 Å². The number of benzene rings is 1. The summed E-state index contributed by atoms with van der Waals surface area (Å²) in [6, 6.07) is 5.94. The molecule has 0 radical (unpaired) electrons. The number of hydrogen-bond donors (Lipinski definition) is 1. The third kappa shape index (κ3) is 2.63. The van der Waals surface area contributed by atoms with Gasteiger partial charge in [0, 0.05) is 25.7 Å². The molecule has 1 atom stereocenters. The van der Waals surface area contributed by atoms with E-state index >= 15 is 0 Å². The number of hydrogen-bond acceptors (Lipinski definition) is 4. The van der Waals surface area contributed by atoms with Crippen molar-refractivity contribution in [3.8, 4) is 11.5 Å². The van der Waals surface area contributed by atoms with Crippen LogP contribution < -0.4 is 14.8 Å². The molecule has 106 valence electrons. The van der Waals surface area contributed by atoms with Crippen LogP contribution in [0, 0.1) is 0 Å². The number of amides is 1. The van der Waals surface area contributed by atoms with E-state index in [4.69, 9.17) is 9.47 Å². The molecule has 0 aromatic heterocycles. The Hall–Kier alpha value is -2.01. The van der Waals surface area contributed by atoms with Crippen molar-refractivity contribution in [3.63, 3.8) is 0 Å². The fraction of sp³-hybridized carbons (Fsp3) is 0.400. The van der Waals surface area contributed by atoms with Crippen molar-refractivity contribution < 1.29 is 14.3 Å². The number of rotatable bonds is 3. The summed E-state index contributed by atoms with van der Waals surface area (Å²) in [7, 11) is 1.85. The van der Waals surface area contributed by atoms with Crippen LogP contribution in [-0.4, -0.2) is 43.8 Å². The summed E-state index contributed by atoms with van der Waals surface area (Å²) in [6.07, 6.45) is 4.43. The third-order valence-electron chi connectivity index (χ3n) is 3.74. The van der Waals surface area contributed by atoms with E-state index in [9.17, 15) is 4.79 Å². The Labute approximate surface area is 118 Å². The zero-order valence-corrected chi connectivity index (χ0v) is 11.5. The van der Waals surface area contributed by atoms with E-state index in [2.05, 4.69) is 5.32 Å². The fourth-order valence-electron chi connectivity index (χ4n) is 2.45. The summed E-state index contributed by atoms with van der Waals surface area (Å²) in [5.41, 5.74) is 0.931. The lowest BCUT2D eigenvalue weighted by molar-refractivity contribution is -0.126. The summed E-state index contributed by atoms with van der Waals surface area (Å²) >= 11 is 0. The zero-order chi connectivity index (χ0) is 13.9. The first-order valence-electron chi connectivity index (χ1n) is 6.79. The topological polar surface area (TPSA) is 50.8 Å². The van der Waals surface area contributed by atoms with E-state index in [0.717, 1.165) is 36.6 Å².